The Morgan fingerprint density at radius 1 is 1.44 bits per heavy atom. The molecule has 1 fully saturated rings. The zero-order valence-electron chi connectivity index (χ0n) is 8.48. The van der Waals surface area contributed by atoms with Crippen molar-refractivity contribution in [3.8, 4) is 5.75 Å². The van der Waals surface area contributed by atoms with Gasteiger partial charge in [-0.2, -0.15) is 0 Å². The van der Waals surface area contributed by atoms with Gasteiger partial charge < -0.3 is 5.11 Å². The zero-order chi connectivity index (χ0) is 11.8. The number of aromatic hydroxyl groups is 1. The smallest absolute Gasteiger partial charge is 0.233 e. The van der Waals surface area contributed by atoms with Crippen LogP contribution in [0.3, 0.4) is 0 Å². The maximum atomic E-state index is 11.6. The van der Waals surface area contributed by atoms with Gasteiger partial charge in [-0.15, -0.1) is 0 Å². The van der Waals surface area contributed by atoms with Crippen LogP contribution in [0.5, 0.6) is 5.75 Å². The lowest BCUT2D eigenvalue weighted by molar-refractivity contribution is 0.477. The maximum absolute atomic E-state index is 11.6. The van der Waals surface area contributed by atoms with Crippen molar-refractivity contribution in [2.24, 2.45) is 5.92 Å². The van der Waals surface area contributed by atoms with Gasteiger partial charge in [-0.05, 0) is 30.9 Å². The Labute approximate surface area is 99.3 Å². The molecule has 88 valence electrons. The molecule has 2 N–H and O–H groups in total. The average Bonchev–Trinajstić information content (AvgIpc) is 2.93. The minimum atomic E-state index is -3.36. The Morgan fingerprint density at radius 2 is 2.12 bits per heavy atom. The van der Waals surface area contributed by atoms with E-state index < -0.39 is 10.0 Å². The molecule has 0 atom stereocenters. The van der Waals surface area contributed by atoms with Gasteiger partial charge in [0.25, 0.3) is 0 Å². The van der Waals surface area contributed by atoms with E-state index in [1.807, 2.05) is 0 Å². The van der Waals surface area contributed by atoms with Crippen LogP contribution in [0, 0.1) is 5.92 Å². The number of rotatable bonds is 4. The summed E-state index contributed by atoms with van der Waals surface area (Å²) in [7, 11) is -3.36. The van der Waals surface area contributed by atoms with Crippen LogP contribution in [0.4, 0.5) is 5.69 Å². The lowest BCUT2D eigenvalue weighted by Crippen LogP contribution is -2.17. The first-order valence-electron chi connectivity index (χ1n) is 4.95. The number of phenols is 1. The predicted molar refractivity (Wildman–Crippen MR) is 63.3 cm³/mol. The Morgan fingerprint density at radius 3 is 2.69 bits per heavy atom. The summed E-state index contributed by atoms with van der Waals surface area (Å²) in [5, 5.41) is 9.86. The highest BCUT2D eigenvalue weighted by Crippen LogP contribution is 2.32. The molecule has 2 rings (SSSR count). The van der Waals surface area contributed by atoms with Crippen molar-refractivity contribution in [2.45, 2.75) is 12.8 Å². The Bertz CT molecular complexity index is 497. The van der Waals surface area contributed by atoms with E-state index >= 15 is 0 Å². The third kappa shape index (κ3) is 3.02. The topological polar surface area (TPSA) is 66.4 Å². The van der Waals surface area contributed by atoms with E-state index in [1.54, 1.807) is 0 Å². The molecule has 1 aliphatic carbocycles. The molecule has 0 amide bonds. The third-order valence-electron chi connectivity index (χ3n) is 2.38. The van der Waals surface area contributed by atoms with E-state index in [1.165, 1.54) is 18.2 Å². The van der Waals surface area contributed by atoms with E-state index in [4.69, 9.17) is 11.6 Å². The average molecular weight is 262 g/mol. The van der Waals surface area contributed by atoms with Crippen LogP contribution in [0.1, 0.15) is 12.8 Å². The van der Waals surface area contributed by atoms with Crippen LogP contribution in [-0.2, 0) is 10.0 Å². The van der Waals surface area contributed by atoms with Gasteiger partial charge in [0.05, 0.1) is 11.4 Å². The molecule has 0 aliphatic heterocycles. The molecular weight excluding hydrogens is 250 g/mol. The minimum Gasteiger partial charge on any atom is -0.506 e. The van der Waals surface area contributed by atoms with Crippen molar-refractivity contribution >= 4 is 27.3 Å². The minimum absolute atomic E-state index is 0.120. The van der Waals surface area contributed by atoms with Crippen LogP contribution in [0.25, 0.3) is 0 Å². The summed E-state index contributed by atoms with van der Waals surface area (Å²) in [5.74, 6) is 0.230. The van der Waals surface area contributed by atoms with Crippen LogP contribution in [-0.4, -0.2) is 19.3 Å². The number of phenolic OH excluding ortho intramolecular Hbond substituents is 1. The monoisotopic (exact) mass is 261 g/mol. The van der Waals surface area contributed by atoms with Gasteiger partial charge in [0.1, 0.15) is 5.75 Å². The fourth-order valence-corrected chi connectivity index (χ4v) is 3.11. The van der Waals surface area contributed by atoms with Crippen LogP contribution < -0.4 is 4.72 Å². The Kier molecular flexibility index (Phi) is 2.99. The van der Waals surface area contributed by atoms with Crippen molar-refractivity contribution in [1.29, 1.82) is 0 Å². The second-order valence-corrected chi connectivity index (χ2v) is 6.19. The fraction of sp³-hybridized carbons (Fsp3) is 0.400. The molecule has 6 heteroatoms. The van der Waals surface area contributed by atoms with Crippen molar-refractivity contribution < 1.29 is 13.5 Å². The lowest BCUT2D eigenvalue weighted by atomic mass is 10.3. The van der Waals surface area contributed by atoms with E-state index in [9.17, 15) is 13.5 Å². The van der Waals surface area contributed by atoms with Gasteiger partial charge >= 0.3 is 0 Å². The van der Waals surface area contributed by atoms with Gasteiger partial charge in [0, 0.05) is 11.1 Å². The normalized spacial score (nSPS) is 16.1. The van der Waals surface area contributed by atoms with E-state index in [2.05, 4.69) is 4.72 Å². The summed E-state index contributed by atoms with van der Waals surface area (Å²) in [4.78, 5) is 0. The molecule has 0 bridgehead atoms. The number of hydrogen-bond acceptors (Lipinski definition) is 3. The van der Waals surface area contributed by atoms with Gasteiger partial charge in [0.15, 0.2) is 0 Å². The second-order valence-electron chi connectivity index (χ2n) is 3.99. The number of anilines is 1. The largest absolute Gasteiger partial charge is 0.506 e. The molecule has 0 radical (unpaired) electrons. The first kappa shape index (κ1) is 11.5. The van der Waals surface area contributed by atoms with E-state index in [-0.39, 0.29) is 23.1 Å². The highest BCUT2D eigenvalue weighted by molar-refractivity contribution is 7.92. The highest BCUT2D eigenvalue weighted by Gasteiger charge is 2.28. The first-order valence-corrected chi connectivity index (χ1v) is 6.98. The second kappa shape index (κ2) is 4.14. The Balaban J connectivity index is 2.13. The number of sulfonamides is 1. The fourth-order valence-electron chi connectivity index (χ4n) is 1.40. The molecule has 0 aromatic heterocycles. The molecular formula is C10H12ClNO3S. The number of benzene rings is 1. The molecule has 0 spiro atoms. The van der Waals surface area contributed by atoms with Crippen molar-refractivity contribution in [2.75, 3.05) is 10.5 Å². The molecule has 1 saturated carbocycles. The third-order valence-corrected chi connectivity index (χ3v) is 4.05. The molecule has 1 aromatic carbocycles. The number of hydrogen-bond donors (Lipinski definition) is 2. The lowest BCUT2D eigenvalue weighted by Gasteiger charge is -2.09. The summed E-state index contributed by atoms with van der Waals surface area (Å²) in [6.07, 6.45) is 1.93. The molecule has 16 heavy (non-hydrogen) atoms. The predicted octanol–water partition coefficient (Wildman–Crippen LogP) is 2.20. The molecule has 4 nitrogen and oxygen atoms in total. The molecule has 0 heterocycles. The van der Waals surface area contributed by atoms with E-state index in [0.29, 0.717) is 5.02 Å². The van der Waals surface area contributed by atoms with Gasteiger partial charge in [-0.3, -0.25) is 4.72 Å². The zero-order valence-corrected chi connectivity index (χ0v) is 10.1. The standard InChI is InChI=1S/C10H12ClNO3S/c11-8-3-4-9(10(13)5-8)12-16(14,15)6-7-1-2-7/h3-5,7,12-13H,1-2,6H2. The van der Waals surface area contributed by atoms with Crippen LogP contribution in [0.15, 0.2) is 18.2 Å². The summed E-state index contributed by atoms with van der Waals surface area (Å²) < 4.78 is 25.6. The van der Waals surface area contributed by atoms with Crippen LogP contribution in [0.2, 0.25) is 5.02 Å². The Hall–Kier alpha value is -0.940. The van der Waals surface area contributed by atoms with Gasteiger partial charge in [0.2, 0.25) is 10.0 Å². The summed E-state index contributed by atoms with van der Waals surface area (Å²) in [5.41, 5.74) is 0.171. The SMILES string of the molecule is O=S(=O)(CC1CC1)Nc1ccc(Cl)cc1O. The summed E-state index contributed by atoms with van der Waals surface area (Å²) in [6, 6.07) is 4.27. The van der Waals surface area contributed by atoms with Crippen molar-refractivity contribution in [1.82, 2.24) is 0 Å². The first-order chi connectivity index (χ1) is 7.46. The molecule has 1 aromatic rings. The highest BCUT2D eigenvalue weighted by atomic mass is 35.5. The van der Waals surface area contributed by atoms with Gasteiger partial charge in [-0.25, -0.2) is 8.42 Å². The number of nitrogens with one attached hydrogen (secondary N) is 1. The molecule has 0 saturated heterocycles. The van der Waals surface area contributed by atoms with Gasteiger partial charge in [-0.1, -0.05) is 11.6 Å². The number of halogens is 1. The summed E-state index contributed by atoms with van der Waals surface area (Å²) in [6.45, 7) is 0. The molecule has 1 aliphatic rings. The van der Waals surface area contributed by atoms with Crippen molar-refractivity contribution in [3.63, 3.8) is 0 Å². The van der Waals surface area contributed by atoms with Crippen molar-refractivity contribution in [3.05, 3.63) is 23.2 Å². The summed E-state index contributed by atoms with van der Waals surface area (Å²) >= 11 is 5.65. The molecule has 0 unspecified atom stereocenters. The van der Waals surface area contributed by atoms with Crippen LogP contribution >= 0.6 is 11.6 Å². The van der Waals surface area contributed by atoms with E-state index in [0.717, 1.165) is 12.8 Å². The quantitative estimate of drug-likeness (QED) is 0.817. The maximum Gasteiger partial charge on any atom is 0.233 e.